The highest BCUT2D eigenvalue weighted by Crippen LogP contribution is 2.18. The molecular weight excluding hydrogens is 297 g/mol. The second-order valence-corrected chi connectivity index (χ2v) is 6.16. The summed E-state index contributed by atoms with van der Waals surface area (Å²) in [6.45, 7) is -0.0540. The van der Waals surface area contributed by atoms with Gasteiger partial charge in [0.15, 0.2) is 0 Å². The zero-order valence-electron chi connectivity index (χ0n) is 11.5. The zero-order valence-corrected chi connectivity index (χ0v) is 12.3. The number of hydrogen-bond acceptors (Lipinski definition) is 5. The number of nitrogens with two attached hydrogens (primary N) is 1. The third-order valence-corrected chi connectivity index (χ3v) is 4.56. The molecule has 1 aromatic carbocycles. The standard InChI is InChI=1S/C12H16FN5O2S/c1-18-8-15-17-12(18)5-6-16-21(19,20)11-4-2-3-10(13)9(11)7-14/h2-4,8,16H,5-7,14H2,1H3. The number of aromatic nitrogens is 3. The maximum Gasteiger partial charge on any atom is 0.241 e. The molecule has 0 fully saturated rings. The van der Waals surface area contributed by atoms with Crippen LogP contribution in [-0.2, 0) is 30.0 Å². The molecule has 0 bridgehead atoms. The maximum absolute atomic E-state index is 13.6. The summed E-state index contributed by atoms with van der Waals surface area (Å²) in [5.74, 6) is 0.0182. The van der Waals surface area contributed by atoms with Crippen LogP contribution < -0.4 is 10.5 Å². The van der Waals surface area contributed by atoms with Gasteiger partial charge in [0.05, 0.1) is 4.90 Å². The van der Waals surface area contributed by atoms with Crippen LogP contribution in [0.2, 0.25) is 0 Å². The summed E-state index contributed by atoms with van der Waals surface area (Å²) in [6, 6.07) is 3.85. The van der Waals surface area contributed by atoms with Gasteiger partial charge in [0.1, 0.15) is 18.0 Å². The van der Waals surface area contributed by atoms with Crippen molar-refractivity contribution in [2.24, 2.45) is 12.8 Å². The Bertz CT molecular complexity index is 729. The van der Waals surface area contributed by atoms with Gasteiger partial charge in [-0.3, -0.25) is 0 Å². The Labute approximate surface area is 122 Å². The summed E-state index contributed by atoms with van der Waals surface area (Å²) in [6.07, 6.45) is 1.91. The van der Waals surface area contributed by atoms with Crippen molar-refractivity contribution < 1.29 is 12.8 Å². The number of aryl methyl sites for hydroxylation is 1. The molecule has 0 amide bonds. The van der Waals surface area contributed by atoms with E-state index in [1.807, 2.05) is 0 Å². The van der Waals surface area contributed by atoms with Crippen molar-refractivity contribution >= 4 is 10.0 Å². The topological polar surface area (TPSA) is 103 Å². The van der Waals surface area contributed by atoms with Crippen molar-refractivity contribution in [3.05, 3.63) is 41.7 Å². The van der Waals surface area contributed by atoms with Gasteiger partial charge in [0, 0.05) is 32.1 Å². The van der Waals surface area contributed by atoms with Gasteiger partial charge in [-0.25, -0.2) is 17.5 Å². The lowest BCUT2D eigenvalue weighted by molar-refractivity contribution is 0.570. The third-order valence-electron chi connectivity index (χ3n) is 3.02. The molecule has 21 heavy (non-hydrogen) atoms. The van der Waals surface area contributed by atoms with Gasteiger partial charge in [0.2, 0.25) is 10.0 Å². The monoisotopic (exact) mass is 313 g/mol. The minimum Gasteiger partial charge on any atom is -0.326 e. The van der Waals surface area contributed by atoms with Crippen molar-refractivity contribution in [1.82, 2.24) is 19.5 Å². The molecule has 0 aliphatic heterocycles. The Morgan fingerprint density at radius 1 is 1.43 bits per heavy atom. The summed E-state index contributed by atoms with van der Waals surface area (Å²) in [5, 5.41) is 7.56. The van der Waals surface area contributed by atoms with E-state index in [0.717, 1.165) is 0 Å². The van der Waals surface area contributed by atoms with Crippen molar-refractivity contribution in [3.8, 4) is 0 Å². The first-order chi connectivity index (χ1) is 9.95. The van der Waals surface area contributed by atoms with Crippen LogP contribution in [-0.4, -0.2) is 29.7 Å². The molecule has 0 saturated carbocycles. The van der Waals surface area contributed by atoms with Gasteiger partial charge in [-0.1, -0.05) is 6.07 Å². The zero-order chi connectivity index (χ0) is 15.5. The molecule has 0 atom stereocenters. The van der Waals surface area contributed by atoms with Crippen LogP contribution in [0.4, 0.5) is 4.39 Å². The van der Waals surface area contributed by atoms with Crippen LogP contribution in [0, 0.1) is 5.82 Å². The first-order valence-corrected chi connectivity index (χ1v) is 7.74. The fourth-order valence-electron chi connectivity index (χ4n) is 1.90. The minimum atomic E-state index is -3.82. The molecule has 3 N–H and O–H groups in total. The normalized spacial score (nSPS) is 11.8. The lowest BCUT2D eigenvalue weighted by Crippen LogP contribution is -2.28. The summed E-state index contributed by atoms with van der Waals surface area (Å²) < 4.78 is 42.1. The van der Waals surface area contributed by atoms with Gasteiger partial charge >= 0.3 is 0 Å². The van der Waals surface area contributed by atoms with Crippen LogP contribution in [0.5, 0.6) is 0 Å². The highest BCUT2D eigenvalue weighted by molar-refractivity contribution is 7.89. The van der Waals surface area contributed by atoms with Gasteiger partial charge in [-0.2, -0.15) is 0 Å². The first-order valence-electron chi connectivity index (χ1n) is 6.25. The van der Waals surface area contributed by atoms with Crippen LogP contribution in [0.3, 0.4) is 0 Å². The molecule has 0 spiro atoms. The smallest absolute Gasteiger partial charge is 0.241 e. The molecule has 0 radical (unpaired) electrons. The fourth-order valence-corrected chi connectivity index (χ4v) is 3.19. The predicted molar refractivity (Wildman–Crippen MR) is 74.2 cm³/mol. The largest absolute Gasteiger partial charge is 0.326 e. The van der Waals surface area contributed by atoms with Crippen LogP contribution in [0.25, 0.3) is 0 Å². The molecule has 0 aliphatic carbocycles. The second-order valence-electron chi connectivity index (χ2n) is 4.43. The number of hydrogen-bond donors (Lipinski definition) is 2. The fraction of sp³-hybridized carbons (Fsp3) is 0.333. The second kappa shape index (κ2) is 6.29. The van der Waals surface area contributed by atoms with E-state index in [2.05, 4.69) is 14.9 Å². The van der Waals surface area contributed by atoms with E-state index in [9.17, 15) is 12.8 Å². The average molecular weight is 313 g/mol. The molecule has 2 aromatic rings. The van der Waals surface area contributed by atoms with Gasteiger partial charge in [0.25, 0.3) is 0 Å². The number of nitrogens with one attached hydrogen (secondary N) is 1. The molecule has 2 rings (SSSR count). The van der Waals surface area contributed by atoms with Gasteiger partial charge < -0.3 is 10.3 Å². The van der Waals surface area contributed by atoms with Crippen molar-refractivity contribution in [3.63, 3.8) is 0 Å². The number of nitrogens with zero attached hydrogens (tertiary/aromatic N) is 3. The van der Waals surface area contributed by atoms with E-state index < -0.39 is 15.8 Å². The molecule has 1 heterocycles. The molecule has 0 unspecified atom stereocenters. The van der Waals surface area contributed by atoms with Crippen molar-refractivity contribution in [2.45, 2.75) is 17.9 Å². The molecule has 1 aromatic heterocycles. The number of halogens is 1. The van der Waals surface area contributed by atoms with Crippen LogP contribution in [0.15, 0.2) is 29.4 Å². The molecule has 0 saturated heterocycles. The lowest BCUT2D eigenvalue weighted by atomic mass is 10.2. The minimum absolute atomic E-state index is 0.0244. The Kier molecular flexibility index (Phi) is 4.66. The van der Waals surface area contributed by atoms with Crippen molar-refractivity contribution in [2.75, 3.05) is 6.54 Å². The highest BCUT2D eigenvalue weighted by atomic mass is 32.2. The van der Waals surface area contributed by atoms with E-state index in [4.69, 9.17) is 5.73 Å². The summed E-state index contributed by atoms with van der Waals surface area (Å²) in [7, 11) is -2.05. The Hall–Kier alpha value is -1.84. The van der Waals surface area contributed by atoms with E-state index >= 15 is 0 Å². The summed E-state index contributed by atoms with van der Waals surface area (Å²) in [4.78, 5) is -0.136. The Balaban J connectivity index is 2.12. The molecular formula is C12H16FN5O2S. The molecule has 7 nitrogen and oxygen atoms in total. The SMILES string of the molecule is Cn1cnnc1CCNS(=O)(=O)c1cccc(F)c1CN. The van der Waals surface area contributed by atoms with Gasteiger partial charge in [-0.15, -0.1) is 10.2 Å². The lowest BCUT2D eigenvalue weighted by Gasteiger charge is -2.11. The third kappa shape index (κ3) is 3.43. The average Bonchev–Trinajstić information content (AvgIpc) is 2.84. The van der Waals surface area contributed by atoms with Crippen molar-refractivity contribution in [1.29, 1.82) is 0 Å². The number of rotatable bonds is 6. The first kappa shape index (κ1) is 15.5. The Morgan fingerprint density at radius 2 is 2.19 bits per heavy atom. The molecule has 0 aliphatic rings. The number of benzene rings is 1. The Morgan fingerprint density at radius 3 is 2.81 bits per heavy atom. The van der Waals surface area contributed by atoms with E-state index in [1.54, 1.807) is 11.6 Å². The van der Waals surface area contributed by atoms with E-state index in [-0.39, 0.29) is 23.5 Å². The maximum atomic E-state index is 13.6. The number of sulfonamides is 1. The summed E-state index contributed by atoms with van der Waals surface area (Å²) >= 11 is 0. The predicted octanol–water partition coefficient (Wildman–Crippen LogP) is -0.0661. The summed E-state index contributed by atoms with van der Waals surface area (Å²) in [5.41, 5.74) is 5.40. The highest BCUT2D eigenvalue weighted by Gasteiger charge is 2.20. The molecule has 9 heteroatoms. The van der Waals surface area contributed by atoms with E-state index in [1.165, 1.54) is 24.5 Å². The van der Waals surface area contributed by atoms with E-state index in [0.29, 0.717) is 12.2 Å². The molecule has 114 valence electrons. The van der Waals surface area contributed by atoms with Crippen LogP contribution >= 0.6 is 0 Å². The quantitative estimate of drug-likeness (QED) is 0.777. The van der Waals surface area contributed by atoms with Crippen LogP contribution in [0.1, 0.15) is 11.4 Å². The van der Waals surface area contributed by atoms with Gasteiger partial charge in [-0.05, 0) is 12.1 Å².